The molecule has 0 aromatic heterocycles. The van der Waals surface area contributed by atoms with Gasteiger partial charge in [0.05, 0.1) is 14.5 Å². The number of hydrogen-bond acceptors (Lipinski definition) is 4. The Bertz CT molecular complexity index is 407. The average molecular weight is 441 g/mol. The van der Waals surface area contributed by atoms with E-state index in [0.717, 1.165) is 6.42 Å². The molecule has 152 valence electrons. The van der Waals surface area contributed by atoms with E-state index in [-0.39, 0.29) is 11.0 Å². The van der Waals surface area contributed by atoms with Gasteiger partial charge >= 0.3 is 0 Å². The van der Waals surface area contributed by atoms with Gasteiger partial charge < -0.3 is 13.3 Å². The first-order valence-electron chi connectivity index (χ1n) is 9.84. The zero-order chi connectivity index (χ0) is 20.2. The maximum Gasteiger partial charge on any atom is 0.202 e. The van der Waals surface area contributed by atoms with Crippen molar-refractivity contribution in [3.05, 3.63) is 0 Å². The van der Waals surface area contributed by atoms with Crippen molar-refractivity contribution in [3.8, 4) is 0 Å². The van der Waals surface area contributed by atoms with E-state index in [9.17, 15) is 0 Å². The van der Waals surface area contributed by atoms with Crippen LogP contribution in [-0.2, 0) is 13.3 Å². The molecule has 0 rings (SSSR count). The Morgan fingerprint density at radius 2 is 1.52 bits per heavy atom. The van der Waals surface area contributed by atoms with Gasteiger partial charge in [-0.05, 0) is 59.9 Å². The van der Waals surface area contributed by atoms with Gasteiger partial charge in [-0.2, -0.15) is 0 Å². The molecule has 25 heavy (non-hydrogen) atoms. The van der Waals surface area contributed by atoms with Gasteiger partial charge in [-0.25, -0.2) is 0 Å². The van der Waals surface area contributed by atoms with E-state index >= 15 is 0 Å². The molecule has 4 atom stereocenters. The summed E-state index contributed by atoms with van der Waals surface area (Å²) in [5, 5.41) is 0.00903. The number of thiol groups is 1. The summed E-state index contributed by atoms with van der Waals surface area (Å²) in [4.78, 5) is -0.424. The van der Waals surface area contributed by atoms with E-state index in [1.54, 1.807) is 0 Å². The number of hydrogen-bond donors (Lipinski definition) is 1. The first kappa shape index (κ1) is 26.1. The summed E-state index contributed by atoms with van der Waals surface area (Å²) in [6, 6.07) is 0. The molecule has 4 unspecified atom stereocenters. The van der Waals surface area contributed by atoms with Gasteiger partial charge in [-0.15, -0.1) is 12.6 Å². The molecule has 0 spiro atoms. The summed E-state index contributed by atoms with van der Waals surface area (Å²) in [5.74, 6) is 0. The van der Waals surface area contributed by atoms with Crippen LogP contribution in [0.15, 0.2) is 0 Å². The fourth-order valence-corrected chi connectivity index (χ4v) is 13.1. The highest BCUT2D eigenvalue weighted by molar-refractivity contribution is 7.81. The Morgan fingerprint density at radius 3 is 1.88 bits per heavy atom. The zero-order valence-electron chi connectivity index (χ0n) is 18.8. The van der Waals surface area contributed by atoms with Gasteiger partial charge in [0, 0.05) is 10.8 Å². The van der Waals surface area contributed by atoms with Crippen LogP contribution in [0.2, 0.25) is 51.4 Å². The Labute approximate surface area is 169 Å². The molecule has 0 bridgehead atoms. The van der Waals surface area contributed by atoms with Gasteiger partial charge in [-0.1, -0.05) is 26.9 Å². The topological polar surface area (TPSA) is 27.7 Å². The summed E-state index contributed by atoms with van der Waals surface area (Å²) in [5.41, 5.74) is 0.543. The highest BCUT2D eigenvalue weighted by Crippen LogP contribution is 2.43. The van der Waals surface area contributed by atoms with Crippen molar-refractivity contribution in [2.45, 2.75) is 108 Å². The molecule has 0 amide bonds. The molecule has 0 saturated heterocycles. The normalized spacial score (nSPS) is 19.8. The summed E-state index contributed by atoms with van der Waals surface area (Å²) in [6.45, 7) is 27.2. The standard InChI is InChI=1S/C17H44O3SSi4/c1-13-17(21,19-24(10)15(3)18-23(8)9)14(2)25(11,12)20-16(4,5)22(6)7/h14-15,21-24H,13H2,1-12H3. The summed E-state index contributed by atoms with van der Waals surface area (Å²) >= 11 is 5.07. The number of rotatable bonds is 11. The zero-order valence-corrected chi connectivity index (χ0v) is 24.1. The van der Waals surface area contributed by atoms with Gasteiger partial charge in [0.25, 0.3) is 0 Å². The molecule has 0 aromatic rings. The van der Waals surface area contributed by atoms with Crippen LogP contribution >= 0.6 is 12.6 Å². The molecule has 0 aliphatic rings. The monoisotopic (exact) mass is 440 g/mol. The third-order valence-corrected chi connectivity index (χ3v) is 17.2. The lowest BCUT2D eigenvalue weighted by atomic mass is 10.2. The van der Waals surface area contributed by atoms with Crippen LogP contribution in [0.25, 0.3) is 0 Å². The molecule has 8 heteroatoms. The molecule has 0 fully saturated rings. The van der Waals surface area contributed by atoms with Gasteiger partial charge in [0.15, 0.2) is 17.4 Å². The van der Waals surface area contributed by atoms with Crippen LogP contribution in [0.1, 0.15) is 41.0 Å². The molecule has 0 aromatic carbocycles. The van der Waals surface area contributed by atoms with Crippen LogP contribution in [0.4, 0.5) is 0 Å². The van der Waals surface area contributed by atoms with Crippen molar-refractivity contribution in [1.29, 1.82) is 0 Å². The predicted octanol–water partition coefficient (Wildman–Crippen LogP) is 4.74. The van der Waals surface area contributed by atoms with E-state index < -0.39 is 40.1 Å². The second kappa shape index (κ2) is 10.0. The Morgan fingerprint density at radius 1 is 1.04 bits per heavy atom. The quantitative estimate of drug-likeness (QED) is 0.286. The van der Waals surface area contributed by atoms with Crippen molar-refractivity contribution in [3.63, 3.8) is 0 Å². The van der Waals surface area contributed by atoms with Gasteiger partial charge in [-0.3, -0.25) is 0 Å². The van der Waals surface area contributed by atoms with E-state index in [0.29, 0.717) is 5.54 Å². The van der Waals surface area contributed by atoms with Crippen molar-refractivity contribution in [2.75, 3.05) is 0 Å². The van der Waals surface area contributed by atoms with E-state index in [1.807, 2.05) is 0 Å². The molecule has 0 saturated carbocycles. The maximum atomic E-state index is 6.77. The molecule has 0 aliphatic heterocycles. The minimum absolute atomic E-state index is 0.00903. The third kappa shape index (κ3) is 7.93. The van der Waals surface area contributed by atoms with Crippen LogP contribution in [0.3, 0.4) is 0 Å². The second-order valence-corrected chi connectivity index (χ2v) is 22.8. The van der Waals surface area contributed by atoms with E-state index in [1.165, 1.54) is 0 Å². The second-order valence-electron chi connectivity index (χ2n) is 9.10. The van der Waals surface area contributed by atoms with E-state index in [4.69, 9.17) is 25.9 Å². The lowest BCUT2D eigenvalue weighted by Crippen LogP contribution is -2.55. The van der Waals surface area contributed by atoms with Crippen LogP contribution < -0.4 is 0 Å². The van der Waals surface area contributed by atoms with Gasteiger partial charge in [0.1, 0.15) is 4.93 Å². The molecule has 0 heterocycles. The van der Waals surface area contributed by atoms with E-state index in [2.05, 4.69) is 80.4 Å². The van der Waals surface area contributed by atoms with Crippen LogP contribution in [-0.4, -0.2) is 51.1 Å². The summed E-state index contributed by atoms with van der Waals surface area (Å²) in [7, 11) is -5.40. The Balaban J connectivity index is 5.27. The largest absolute Gasteiger partial charge is 0.418 e. The molecule has 0 N–H and O–H groups in total. The fraction of sp³-hybridized carbons (Fsp3) is 1.00. The summed E-state index contributed by atoms with van der Waals surface area (Å²) in [6.07, 6.45) is 0.889. The predicted molar refractivity (Wildman–Crippen MR) is 126 cm³/mol. The first-order valence-corrected chi connectivity index (χ1v) is 21.2. The molecular weight excluding hydrogens is 397 g/mol. The smallest absolute Gasteiger partial charge is 0.202 e. The Hall–Kier alpha value is 1.10. The minimum Gasteiger partial charge on any atom is -0.418 e. The van der Waals surface area contributed by atoms with Crippen molar-refractivity contribution in [2.24, 2.45) is 0 Å². The molecule has 0 aliphatic carbocycles. The summed E-state index contributed by atoms with van der Waals surface area (Å²) < 4.78 is 19.5. The van der Waals surface area contributed by atoms with Crippen molar-refractivity contribution >= 4 is 47.8 Å². The highest BCUT2D eigenvalue weighted by atomic mass is 32.1. The first-order chi connectivity index (χ1) is 11.1. The Kier molecular flexibility index (Phi) is 10.5. The van der Waals surface area contributed by atoms with Crippen molar-refractivity contribution in [1.82, 2.24) is 0 Å². The van der Waals surface area contributed by atoms with Gasteiger partial charge in [0.2, 0.25) is 9.04 Å². The molecular formula is C17H44O3SSi4. The van der Waals surface area contributed by atoms with Crippen LogP contribution in [0, 0.1) is 0 Å². The fourth-order valence-electron chi connectivity index (χ4n) is 2.88. The SMILES string of the molecule is CCC(S)(O[SiH](C)C(C)O[SiH](C)C)C(C)[Si](C)(C)OC(C)(C)[SiH](C)C. The maximum absolute atomic E-state index is 6.77. The third-order valence-electron chi connectivity index (χ3n) is 5.68. The highest BCUT2D eigenvalue weighted by Gasteiger charge is 2.47. The average Bonchev–Trinajstić information content (AvgIpc) is 2.44. The molecule has 0 radical (unpaired) electrons. The van der Waals surface area contributed by atoms with Crippen LogP contribution in [0.5, 0.6) is 0 Å². The minimum atomic E-state index is -1.97. The molecule has 3 nitrogen and oxygen atoms in total. The lowest BCUT2D eigenvalue weighted by molar-refractivity contribution is 0.114. The lowest BCUT2D eigenvalue weighted by Gasteiger charge is -2.47. The van der Waals surface area contributed by atoms with Crippen molar-refractivity contribution < 1.29 is 13.3 Å².